The second-order valence-corrected chi connectivity index (χ2v) is 5.63. The van der Waals surface area contributed by atoms with Crippen LogP contribution in [0, 0.1) is 0 Å². The van der Waals surface area contributed by atoms with E-state index in [1.54, 1.807) is 0 Å². The van der Waals surface area contributed by atoms with Crippen molar-refractivity contribution < 1.29 is 0 Å². The third-order valence-electron chi connectivity index (χ3n) is 3.71. The summed E-state index contributed by atoms with van der Waals surface area (Å²) in [6.45, 7) is 6.66. The van der Waals surface area contributed by atoms with Gasteiger partial charge in [-0.1, -0.05) is 19.9 Å². The van der Waals surface area contributed by atoms with Crippen LogP contribution in [0.3, 0.4) is 0 Å². The predicted octanol–water partition coefficient (Wildman–Crippen LogP) is 2.81. The molecule has 2 aromatic rings. The Bertz CT molecular complexity index is 565. The Morgan fingerprint density at radius 1 is 1.32 bits per heavy atom. The molecular weight excluding hydrogens is 234 g/mol. The van der Waals surface area contributed by atoms with Gasteiger partial charge in [0.1, 0.15) is 0 Å². The normalized spacial score (nSPS) is 19.5. The molecule has 0 aliphatic carbocycles. The Hall–Kier alpha value is -1.61. The molecule has 0 radical (unpaired) electrons. The van der Waals surface area contributed by atoms with E-state index in [2.05, 4.69) is 53.3 Å². The number of nitrogens with zero attached hydrogens (tertiary/aromatic N) is 2. The van der Waals surface area contributed by atoms with Gasteiger partial charge < -0.3 is 10.2 Å². The van der Waals surface area contributed by atoms with Crippen molar-refractivity contribution in [3.63, 3.8) is 0 Å². The summed E-state index contributed by atoms with van der Waals surface area (Å²) in [7, 11) is 0. The molecular formula is C16H21N3. The summed E-state index contributed by atoms with van der Waals surface area (Å²) in [5, 5.41) is 4.85. The molecule has 0 saturated carbocycles. The van der Waals surface area contributed by atoms with Crippen LogP contribution in [-0.2, 0) is 0 Å². The maximum atomic E-state index is 4.37. The van der Waals surface area contributed by atoms with Crippen LogP contribution in [0.1, 0.15) is 20.3 Å². The topological polar surface area (TPSA) is 28.2 Å². The lowest BCUT2D eigenvalue weighted by molar-refractivity contribution is 0.492. The maximum absolute atomic E-state index is 4.37. The van der Waals surface area contributed by atoms with Crippen molar-refractivity contribution in [1.82, 2.24) is 10.3 Å². The highest BCUT2D eigenvalue weighted by molar-refractivity contribution is 5.82. The van der Waals surface area contributed by atoms with Crippen LogP contribution in [0.5, 0.6) is 0 Å². The maximum Gasteiger partial charge on any atom is 0.0703 e. The first-order chi connectivity index (χ1) is 9.22. The number of anilines is 1. The largest absolute Gasteiger partial charge is 0.370 e. The van der Waals surface area contributed by atoms with E-state index in [0.717, 1.165) is 18.6 Å². The lowest BCUT2D eigenvalue weighted by Crippen LogP contribution is -2.36. The molecule has 0 spiro atoms. The molecule has 1 atom stereocenters. The zero-order valence-corrected chi connectivity index (χ0v) is 11.6. The van der Waals surface area contributed by atoms with E-state index in [1.165, 1.54) is 17.5 Å². The average Bonchev–Trinajstić information content (AvgIpc) is 2.86. The zero-order chi connectivity index (χ0) is 13.2. The van der Waals surface area contributed by atoms with Gasteiger partial charge in [-0.3, -0.25) is 4.98 Å². The highest BCUT2D eigenvalue weighted by atomic mass is 15.2. The molecule has 3 nitrogen and oxygen atoms in total. The molecule has 1 aliphatic rings. The van der Waals surface area contributed by atoms with Gasteiger partial charge in [-0.15, -0.1) is 0 Å². The number of aromatic nitrogens is 1. The zero-order valence-electron chi connectivity index (χ0n) is 11.6. The first-order valence-electron chi connectivity index (χ1n) is 7.08. The summed E-state index contributed by atoms with van der Waals surface area (Å²) in [5.41, 5.74) is 2.39. The number of nitrogens with one attached hydrogen (secondary N) is 1. The van der Waals surface area contributed by atoms with Crippen LogP contribution < -0.4 is 10.2 Å². The van der Waals surface area contributed by atoms with Crippen LogP contribution in [0.15, 0.2) is 36.5 Å². The number of pyridine rings is 1. The summed E-state index contributed by atoms with van der Waals surface area (Å²) in [4.78, 5) is 6.84. The molecule has 1 aromatic heterocycles. The van der Waals surface area contributed by atoms with Gasteiger partial charge in [-0.25, -0.2) is 0 Å². The quantitative estimate of drug-likeness (QED) is 0.914. The van der Waals surface area contributed by atoms with Gasteiger partial charge >= 0.3 is 0 Å². The van der Waals surface area contributed by atoms with E-state index in [1.807, 2.05) is 12.3 Å². The number of fused-ring (bicyclic) bond motifs is 1. The minimum absolute atomic E-state index is 0.561. The van der Waals surface area contributed by atoms with Crippen LogP contribution >= 0.6 is 0 Å². The fourth-order valence-corrected chi connectivity index (χ4v) is 2.86. The smallest absolute Gasteiger partial charge is 0.0703 e. The molecule has 1 fully saturated rings. The van der Waals surface area contributed by atoms with Crippen molar-refractivity contribution in [1.29, 1.82) is 0 Å². The Labute approximate surface area is 114 Å². The minimum atomic E-state index is 0.561. The summed E-state index contributed by atoms with van der Waals surface area (Å²) in [5.74, 6) is 0. The average molecular weight is 255 g/mol. The van der Waals surface area contributed by atoms with Gasteiger partial charge in [0.05, 0.1) is 5.52 Å². The van der Waals surface area contributed by atoms with Gasteiger partial charge in [0.15, 0.2) is 0 Å². The van der Waals surface area contributed by atoms with Crippen molar-refractivity contribution in [2.24, 2.45) is 0 Å². The Kier molecular flexibility index (Phi) is 3.38. The molecule has 19 heavy (non-hydrogen) atoms. The summed E-state index contributed by atoms with van der Waals surface area (Å²) < 4.78 is 0. The van der Waals surface area contributed by atoms with Gasteiger partial charge in [-0.2, -0.15) is 0 Å². The van der Waals surface area contributed by atoms with E-state index >= 15 is 0 Å². The number of benzene rings is 1. The summed E-state index contributed by atoms with van der Waals surface area (Å²) in [6, 6.07) is 11.9. The summed E-state index contributed by atoms with van der Waals surface area (Å²) in [6.07, 6.45) is 3.07. The third kappa shape index (κ3) is 2.71. The van der Waals surface area contributed by atoms with Gasteiger partial charge in [0.2, 0.25) is 0 Å². The second kappa shape index (κ2) is 5.17. The molecule has 0 bridgehead atoms. The van der Waals surface area contributed by atoms with Crippen molar-refractivity contribution in [3.05, 3.63) is 36.5 Å². The minimum Gasteiger partial charge on any atom is -0.370 e. The predicted molar refractivity (Wildman–Crippen MR) is 80.6 cm³/mol. The highest BCUT2D eigenvalue weighted by Crippen LogP contribution is 2.24. The van der Waals surface area contributed by atoms with E-state index in [-0.39, 0.29) is 0 Å². The van der Waals surface area contributed by atoms with E-state index in [4.69, 9.17) is 0 Å². The van der Waals surface area contributed by atoms with Crippen molar-refractivity contribution in [2.45, 2.75) is 32.4 Å². The molecule has 1 unspecified atom stereocenters. The van der Waals surface area contributed by atoms with Crippen LogP contribution in [0.25, 0.3) is 10.9 Å². The summed E-state index contributed by atoms with van der Waals surface area (Å²) >= 11 is 0. The van der Waals surface area contributed by atoms with Crippen molar-refractivity contribution in [3.8, 4) is 0 Å². The Morgan fingerprint density at radius 3 is 3.05 bits per heavy atom. The second-order valence-electron chi connectivity index (χ2n) is 5.63. The monoisotopic (exact) mass is 255 g/mol. The van der Waals surface area contributed by atoms with Gasteiger partial charge in [0.25, 0.3) is 0 Å². The molecule has 3 heteroatoms. The SMILES string of the molecule is CC(C)NC1CCN(c2ccc3ncccc3c2)C1. The standard InChI is InChI=1S/C16H21N3/c1-12(2)18-14-7-9-19(11-14)15-5-6-16-13(10-15)4-3-8-17-16/h3-6,8,10,12,14,18H,7,9,11H2,1-2H3. The first kappa shape index (κ1) is 12.4. The number of hydrogen-bond acceptors (Lipinski definition) is 3. The first-order valence-corrected chi connectivity index (χ1v) is 7.08. The van der Waals surface area contributed by atoms with Crippen molar-refractivity contribution in [2.75, 3.05) is 18.0 Å². The third-order valence-corrected chi connectivity index (χ3v) is 3.71. The van der Waals surface area contributed by atoms with E-state index < -0.39 is 0 Å². The van der Waals surface area contributed by atoms with Crippen LogP contribution in [0.2, 0.25) is 0 Å². The molecule has 1 N–H and O–H groups in total. The van der Waals surface area contributed by atoms with Gasteiger partial charge in [-0.05, 0) is 30.7 Å². The Balaban J connectivity index is 1.78. The van der Waals surface area contributed by atoms with Crippen LogP contribution in [-0.4, -0.2) is 30.2 Å². The number of rotatable bonds is 3. The molecule has 3 rings (SSSR count). The van der Waals surface area contributed by atoms with E-state index in [9.17, 15) is 0 Å². The fraction of sp³-hybridized carbons (Fsp3) is 0.438. The fourth-order valence-electron chi connectivity index (χ4n) is 2.86. The Morgan fingerprint density at radius 2 is 2.21 bits per heavy atom. The van der Waals surface area contributed by atoms with E-state index in [0.29, 0.717) is 12.1 Å². The van der Waals surface area contributed by atoms with Crippen molar-refractivity contribution >= 4 is 16.6 Å². The highest BCUT2D eigenvalue weighted by Gasteiger charge is 2.22. The molecule has 1 aromatic carbocycles. The molecule has 100 valence electrons. The molecule has 1 saturated heterocycles. The lowest BCUT2D eigenvalue weighted by atomic mass is 10.2. The number of hydrogen-bond donors (Lipinski definition) is 1. The van der Waals surface area contributed by atoms with Crippen LogP contribution in [0.4, 0.5) is 5.69 Å². The molecule has 0 amide bonds. The van der Waals surface area contributed by atoms with Gasteiger partial charge in [0, 0.05) is 42.4 Å². The lowest BCUT2D eigenvalue weighted by Gasteiger charge is -2.20. The molecule has 2 heterocycles. The molecule has 1 aliphatic heterocycles.